The van der Waals surface area contributed by atoms with Gasteiger partial charge in [-0.2, -0.15) is 10.5 Å². The minimum absolute atomic E-state index is 0. The maximum atomic E-state index is 13.5. The molecule has 0 aliphatic rings. The van der Waals surface area contributed by atoms with E-state index in [4.69, 9.17) is 56.5 Å². The molecule has 0 spiro atoms. The molecule has 21 heteroatoms. The molecule has 57 heavy (non-hydrogen) atoms. The van der Waals surface area contributed by atoms with Gasteiger partial charge in [-0.3, -0.25) is 9.59 Å². The Morgan fingerprint density at radius 2 is 0.860 bits per heavy atom. The van der Waals surface area contributed by atoms with Crippen molar-refractivity contribution >= 4 is 23.2 Å². The van der Waals surface area contributed by atoms with Gasteiger partial charge in [0.25, 0.3) is 11.8 Å². The van der Waals surface area contributed by atoms with E-state index >= 15 is 0 Å². The molecular weight excluding hydrogens is 892 g/mol. The van der Waals surface area contributed by atoms with Gasteiger partial charge < -0.3 is 55.8 Å². The number of benzene rings is 2. The van der Waals surface area contributed by atoms with Crippen LogP contribution in [0.15, 0.2) is 72.8 Å². The summed E-state index contributed by atoms with van der Waals surface area (Å²) in [5, 5.41) is 58.9. The van der Waals surface area contributed by atoms with Crippen molar-refractivity contribution in [3.8, 4) is 23.5 Å². The van der Waals surface area contributed by atoms with E-state index in [0.29, 0.717) is 35.9 Å². The van der Waals surface area contributed by atoms with Crippen molar-refractivity contribution in [2.75, 3.05) is 22.9 Å². The van der Waals surface area contributed by atoms with Crippen LogP contribution in [0, 0.1) is 136 Å². The first-order chi connectivity index (χ1) is 26.3. The van der Waals surface area contributed by atoms with Crippen molar-refractivity contribution in [3.05, 3.63) is 152 Å². The van der Waals surface area contributed by atoms with Gasteiger partial charge in [0.05, 0.1) is 38.8 Å². The third-order valence-electron chi connectivity index (χ3n) is 6.63. The number of nitriles is 2. The molecule has 4 rings (SSSR count). The zero-order valence-corrected chi connectivity index (χ0v) is 34.5. The SMILES string of the molecule is CC#N.CC#N.CCN(C(=O)c1cccc(-c2cccc(C(=O)N(CC)c3cc(C)ccc3C)n2)n1)c1cc(C)ccc1C.O=[N+]([O-])[O-].O=[N+]([O-])[O-].O=[N+]([O-])[O-].[Gd+3]. The Bertz CT molecular complexity index is 1850. The minimum atomic E-state index is -1.75. The molecule has 0 saturated heterocycles. The standard InChI is InChI=1S/C32H34N4O2.2C2H3N.Gd.3NO3/c1-7-35(29-19-21(3)15-17-23(29)5)31(37)27-13-9-11-25(33-27)26-12-10-14-28(34-26)32(38)36(8-2)30-20-22(4)16-18-24(30)6;2*1-2-3;;3*2-1(3)4/h9-20H,7-8H2,1-6H3;2*1H3;;;;/q;;;+3;3*-1. The summed E-state index contributed by atoms with van der Waals surface area (Å²) in [6.45, 7) is 15.8. The van der Waals surface area contributed by atoms with Crippen LogP contribution in [0.4, 0.5) is 11.4 Å². The van der Waals surface area contributed by atoms with Gasteiger partial charge in [0.1, 0.15) is 11.4 Å². The molecule has 2 aromatic carbocycles. The van der Waals surface area contributed by atoms with E-state index in [0.717, 1.165) is 33.6 Å². The number of hydrogen-bond donors (Lipinski definition) is 0. The van der Waals surface area contributed by atoms with Crippen molar-refractivity contribution in [1.82, 2.24) is 9.97 Å². The third-order valence-corrected chi connectivity index (χ3v) is 6.63. The van der Waals surface area contributed by atoms with Gasteiger partial charge >= 0.3 is 39.9 Å². The summed E-state index contributed by atoms with van der Waals surface area (Å²) >= 11 is 0. The molecule has 303 valence electrons. The Hall–Kier alpha value is -6.42. The first kappa shape index (κ1) is 54.9. The molecule has 2 heterocycles. The van der Waals surface area contributed by atoms with Crippen LogP contribution < -0.4 is 9.80 Å². The molecule has 0 unspecified atom stereocenters. The van der Waals surface area contributed by atoms with E-state index in [2.05, 4.69) is 9.97 Å². The van der Waals surface area contributed by atoms with Crippen molar-refractivity contribution < 1.29 is 64.8 Å². The van der Waals surface area contributed by atoms with E-state index < -0.39 is 15.3 Å². The normalized spacial score (nSPS) is 8.74. The number of carbonyl (C=O) groups excluding carboxylic acids is 2. The Balaban J connectivity index is -0.00000130. The number of carbonyl (C=O) groups is 2. The van der Waals surface area contributed by atoms with E-state index in [1.807, 2.05) is 90.1 Å². The van der Waals surface area contributed by atoms with Crippen LogP contribution in [0.3, 0.4) is 0 Å². The second kappa shape index (κ2) is 29.9. The molecule has 0 N–H and O–H groups in total. The van der Waals surface area contributed by atoms with Gasteiger partial charge in [-0.25, -0.2) is 9.97 Å². The number of anilines is 2. The summed E-state index contributed by atoms with van der Waals surface area (Å²) in [5.74, 6) is -0.357. The zero-order chi connectivity index (χ0) is 43.5. The van der Waals surface area contributed by atoms with Gasteiger partial charge in [0.15, 0.2) is 0 Å². The zero-order valence-electron chi connectivity index (χ0n) is 32.2. The van der Waals surface area contributed by atoms with Crippen molar-refractivity contribution in [1.29, 1.82) is 10.5 Å². The molecule has 2 aromatic heterocycles. The Kier molecular flexibility index (Phi) is 28.8. The van der Waals surface area contributed by atoms with E-state index in [1.54, 1.807) is 46.2 Å². The van der Waals surface area contributed by atoms with E-state index in [-0.39, 0.29) is 51.8 Å². The summed E-state index contributed by atoms with van der Waals surface area (Å²) in [5.41, 5.74) is 7.72. The van der Waals surface area contributed by atoms with Crippen LogP contribution in [0.25, 0.3) is 11.4 Å². The number of pyridine rings is 2. The molecule has 1 radical (unpaired) electrons. The second-order valence-corrected chi connectivity index (χ2v) is 10.6. The fourth-order valence-corrected chi connectivity index (χ4v) is 4.54. The molecule has 0 bridgehead atoms. The maximum absolute atomic E-state index is 13.5. The van der Waals surface area contributed by atoms with Crippen LogP contribution in [-0.2, 0) is 0 Å². The first-order valence-corrected chi connectivity index (χ1v) is 16.0. The van der Waals surface area contributed by atoms with Gasteiger partial charge in [-0.1, -0.05) is 36.4 Å². The van der Waals surface area contributed by atoms with Crippen LogP contribution in [0.1, 0.15) is 70.9 Å². The predicted octanol–water partition coefficient (Wildman–Crippen LogP) is 7.05. The number of aromatic nitrogens is 2. The number of amides is 2. The molecule has 20 nitrogen and oxygen atoms in total. The van der Waals surface area contributed by atoms with Crippen molar-refractivity contribution in [2.45, 2.75) is 55.4 Å². The molecule has 0 aliphatic carbocycles. The summed E-state index contributed by atoms with van der Waals surface area (Å²) in [7, 11) is 0. The van der Waals surface area contributed by atoms with Crippen LogP contribution in [0.5, 0.6) is 0 Å². The number of rotatable bonds is 7. The first-order valence-electron chi connectivity index (χ1n) is 16.0. The van der Waals surface area contributed by atoms with Crippen LogP contribution >= 0.6 is 0 Å². The minimum Gasteiger partial charge on any atom is -0.356 e. The van der Waals surface area contributed by atoms with Crippen LogP contribution in [0.2, 0.25) is 0 Å². The number of hydrogen-bond acceptors (Lipinski definition) is 15. The largest absolute Gasteiger partial charge is 3.00 e. The van der Waals surface area contributed by atoms with Gasteiger partial charge in [0.2, 0.25) is 0 Å². The smallest absolute Gasteiger partial charge is 0.356 e. The fraction of sp³-hybridized carbons (Fsp3) is 0.278. The van der Waals surface area contributed by atoms with Gasteiger partial charge in [-0.15, -0.1) is 0 Å². The number of nitrogens with zero attached hydrogens (tertiary/aromatic N) is 9. The summed E-state index contributed by atoms with van der Waals surface area (Å²) in [6.07, 6.45) is 0. The Morgan fingerprint density at radius 1 is 0.596 bits per heavy atom. The summed E-state index contributed by atoms with van der Waals surface area (Å²) in [4.78, 5) is 64.6. The Labute approximate surface area is 360 Å². The molecule has 2 amide bonds. The molecule has 0 aliphatic heterocycles. The van der Waals surface area contributed by atoms with Crippen molar-refractivity contribution in [2.24, 2.45) is 0 Å². The van der Waals surface area contributed by atoms with E-state index in [9.17, 15) is 9.59 Å². The molecule has 0 fully saturated rings. The predicted molar refractivity (Wildman–Crippen MR) is 208 cm³/mol. The van der Waals surface area contributed by atoms with Gasteiger partial charge in [0, 0.05) is 38.3 Å². The van der Waals surface area contributed by atoms with Crippen LogP contribution in [-0.4, -0.2) is 50.1 Å². The topological polar surface area (TPSA) is 313 Å². The fourth-order valence-electron chi connectivity index (χ4n) is 4.54. The summed E-state index contributed by atoms with van der Waals surface area (Å²) in [6, 6.07) is 26.3. The number of aryl methyl sites for hydroxylation is 4. The molecule has 0 saturated carbocycles. The molecule has 0 atom stereocenters. The van der Waals surface area contributed by atoms with E-state index in [1.165, 1.54) is 13.8 Å². The maximum Gasteiger partial charge on any atom is 3.00 e. The quantitative estimate of drug-likeness (QED) is 0.132. The molecular formula is C36H40GdN9O11. The summed E-state index contributed by atoms with van der Waals surface area (Å²) < 4.78 is 0. The average Bonchev–Trinajstić information content (AvgIpc) is 3.12. The Morgan fingerprint density at radius 3 is 1.11 bits per heavy atom. The third kappa shape index (κ3) is 21.9. The second-order valence-electron chi connectivity index (χ2n) is 10.6. The van der Waals surface area contributed by atoms with Crippen molar-refractivity contribution in [3.63, 3.8) is 0 Å². The monoisotopic (exact) mass is 932 g/mol. The molecule has 4 aromatic rings. The van der Waals surface area contributed by atoms with Gasteiger partial charge in [-0.05, 0) is 100 Å². The average molecular weight is 932 g/mol.